The maximum atomic E-state index is 14.0. The maximum Gasteiger partial charge on any atom is 0.248 e. The molecule has 2 aliphatic rings. The summed E-state index contributed by atoms with van der Waals surface area (Å²) < 4.78 is 58.2. The molecule has 5 rings (SSSR count). The van der Waals surface area contributed by atoms with Crippen molar-refractivity contribution < 1.29 is 22.4 Å². The van der Waals surface area contributed by atoms with Crippen LogP contribution in [0.25, 0.3) is 11.0 Å². The third-order valence-electron chi connectivity index (χ3n) is 6.66. The molecule has 1 saturated carbocycles. The smallest absolute Gasteiger partial charge is 0.248 e. The second-order valence-electron chi connectivity index (χ2n) is 8.83. The number of alkyl halides is 2. The van der Waals surface area contributed by atoms with E-state index in [1.165, 1.54) is 11.0 Å². The van der Waals surface area contributed by atoms with Crippen LogP contribution in [0.15, 0.2) is 40.9 Å². The van der Waals surface area contributed by atoms with Gasteiger partial charge in [-0.3, -0.25) is 4.79 Å². The molecule has 33 heavy (non-hydrogen) atoms. The Morgan fingerprint density at radius 2 is 1.76 bits per heavy atom. The van der Waals surface area contributed by atoms with Gasteiger partial charge >= 0.3 is 0 Å². The number of imidazole rings is 1. The summed E-state index contributed by atoms with van der Waals surface area (Å²) in [6, 6.07) is 8.36. The highest BCUT2D eigenvalue weighted by atomic mass is 79.9. The quantitative estimate of drug-likeness (QED) is 0.344. The number of aromatic nitrogens is 2. The monoisotopic (exact) mass is 523 g/mol. The Bertz CT molecular complexity index is 1220. The molecule has 0 bridgehead atoms. The Morgan fingerprint density at radius 3 is 2.48 bits per heavy atom. The standard InChI is InChI=1S/C24H22BrF4N3O/c25-14-4-7-20-19(12-14)30-23(32(20)15-8-10-24(28,29)11-9-15)21-2-1-3-22(33)31(21)16-5-6-17(26)18(27)13-16/h4-7,12-13,15,21H,1-3,8-11H2/t21-/m0/s1. The van der Waals surface area contributed by atoms with Gasteiger partial charge in [-0.25, -0.2) is 22.5 Å². The summed E-state index contributed by atoms with van der Waals surface area (Å²) in [7, 11) is 0. The van der Waals surface area contributed by atoms with E-state index in [4.69, 9.17) is 4.98 Å². The van der Waals surface area contributed by atoms with Crippen molar-refractivity contribution in [2.45, 2.75) is 63.0 Å². The molecule has 0 N–H and O–H groups in total. The van der Waals surface area contributed by atoms with E-state index in [9.17, 15) is 22.4 Å². The molecule has 2 aromatic carbocycles. The fourth-order valence-corrected chi connectivity index (χ4v) is 5.41. The fourth-order valence-electron chi connectivity index (χ4n) is 5.07. The van der Waals surface area contributed by atoms with Crippen LogP contribution in [0.4, 0.5) is 23.2 Å². The number of benzene rings is 2. The molecule has 174 valence electrons. The van der Waals surface area contributed by atoms with Gasteiger partial charge in [-0.1, -0.05) is 15.9 Å². The lowest BCUT2D eigenvalue weighted by Crippen LogP contribution is -2.40. The first kappa shape index (κ1) is 22.4. The molecular formula is C24H22BrF4N3O. The molecule has 1 atom stereocenters. The van der Waals surface area contributed by atoms with E-state index in [1.807, 2.05) is 22.8 Å². The van der Waals surface area contributed by atoms with E-state index in [0.29, 0.717) is 37.0 Å². The number of carbonyl (C=O) groups is 1. The zero-order valence-corrected chi connectivity index (χ0v) is 19.3. The zero-order chi connectivity index (χ0) is 23.3. The molecule has 0 spiro atoms. The van der Waals surface area contributed by atoms with Crippen LogP contribution in [0, 0.1) is 11.6 Å². The lowest BCUT2D eigenvalue weighted by molar-refractivity contribution is -0.120. The number of hydrogen-bond donors (Lipinski definition) is 0. The third kappa shape index (κ3) is 4.16. The highest BCUT2D eigenvalue weighted by Gasteiger charge is 2.39. The second kappa shape index (κ2) is 8.42. The van der Waals surface area contributed by atoms with Crippen LogP contribution >= 0.6 is 15.9 Å². The van der Waals surface area contributed by atoms with Gasteiger partial charge in [0.25, 0.3) is 0 Å². The van der Waals surface area contributed by atoms with Gasteiger partial charge in [-0.2, -0.15) is 0 Å². The Hall–Kier alpha value is -2.42. The predicted octanol–water partition coefficient (Wildman–Crippen LogP) is 7.09. The number of rotatable bonds is 3. The van der Waals surface area contributed by atoms with E-state index in [2.05, 4.69) is 15.9 Å². The van der Waals surface area contributed by atoms with Crippen LogP contribution in [-0.2, 0) is 4.79 Å². The van der Waals surface area contributed by atoms with Gasteiger partial charge in [0.05, 0.1) is 17.1 Å². The molecule has 0 unspecified atom stereocenters. The molecular weight excluding hydrogens is 502 g/mol. The Labute approximate surface area is 196 Å². The van der Waals surface area contributed by atoms with Gasteiger partial charge in [0, 0.05) is 41.5 Å². The molecule has 0 radical (unpaired) electrons. The van der Waals surface area contributed by atoms with Crippen molar-refractivity contribution in [2.75, 3.05) is 4.90 Å². The topological polar surface area (TPSA) is 38.1 Å². The van der Waals surface area contributed by atoms with E-state index in [-0.39, 0.29) is 36.9 Å². The van der Waals surface area contributed by atoms with Crippen LogP contribution in [-0.4, -0.2) is 21.4 Å². The Morgan fingerprint density at radius 1 is 1.00 bits per heavy atom. The molecule has 9 heteroatoms. The molecule has 1 saturated heterocycles. The molecule has 1 aliphatic heterocycles. The van der Waals surface area contributed by atoms with Crippen molar-refractivity contribution in [1.29, 1.82) is 0 Å². The van der Waals surface area contributed by atoms with Gasteiger partial charge in [0.2, 0.25) is 11.8 Å². The number of nitrogens with zero attached hydrogens (tertiary/aromatic N) is 3. The van der Waals surface area contributed by atoms with Gasteiger partial charge in [-0.05, 0) is 56.0 Å². The van der Waals surface area contributed by atoms with Gasteiger partial charge in [0.15, 0.2) is 11.6 Å². The SMILES string of the molecule is O=C1CCC[C@@H](c2nc3cc(Br)ccc3n2C2CCC(F)(F)CC2)N1c1ccc(F)c(F)c1. The van der Waals surface area contributed by atoms with E-state index < -0.39 is 23.6 Å². The number of fused-ring (bicyclic) bond motifs is 1. The molecule has 2 heterocycles. The lowest BCUT2D eigenvalue weighted by atomic mass is 9.91. The first-order valence-corrected chi connectivity index (χ1v) is 11.9. The number of piperidine rings is 1. The Kier molecular flexibility index (Phi) is 5.71. The van der Waals surface area contributed by atoms with Crippen molar-refractivity contribution in [3.63, 3.8) is 0 Å². The maximum absolute atomic E-state index is 14.0. The predicted molar refractivity (Wildman–Crippen MR) is 120 cm³/mol. The number of hydrogen-bond acceptors (Lipinski definition) is 2. The number of carbonyl (C=O) groups excluding carboxylic acids is 1. The minimum absolute atomic E-state index is 0.186. The molecule has 1 aromatic heterocycles. The molecule has 2 fully saturated rings. The first-order chi connectivity index (χ1) is 15.7. The summed E-state index contributed by atoms with van der Waals surface area (Å²) in [5.74, 6) is -4.30. The van der Waals surface area contributed by atoms with E-state index in [1.54, 1.807) is 0 Å². The summed E-state index contributed by atoms with van der Waals surface area (Å²) >= 11 is 3.46. The van der Waals surface area contributed by atoms with Crippen molar-refractivity contribution in [3.05, 3.63) is 58.3 Å². The minimum atomic E-state index is -2.67. The molecule has 4 nitrogen and oxygen atoms in total. The Balaban J connectivity index is 1.64. The average molecular weight is 524 g/mol. The summed E-state index contributed by atoms with van der Waals surface area (Å²) in [5, 5.41) is 0. The highest BCUT2D eigenvalue weighted by molar-refractivity contribution is 9.10. The summed E-state index contributed by atoms with van der Waals surface area (Å²) in [6.45, 7) is 0. The molecule has 3 aromatic rings. The van der Waals surface area contributed by atoms with Gasteiger partial charge in [0.1, 0.15) is 5.82 Å². The summed E-state index contributed by atoms with van der Waals surface area (Å²) in [5.41, 5.74) is 1.77. The molecule has 1 amide bonds. The highest BCUT2D eigenvalue weighted by Crippen LogP contribution is 2.44. The fraction of sp³-hybridized carbons (Fsp3) is 0.417. The summed E-state index contributed by atoms with van der Waals surface area (Å²) in [4.78, 5) is 19.3. The number of amides is 1. The van der Waals surface area contributed by atoms with Crippen molar-refractivity contribution >= 4 is 38.6 Å². The number of anilines is 1. The van der Waals surface area contributed by atoms with Crippen molar-refractivity contribution in [2.24, 2.45) is 0 Å². The van der Waals surface area contributed by atoms with E-state index >= 15 is 0 Å². The summed E-state index contributed by atoms with van der Waals surface area (Å²) in [6.07, 6.45) is 1.68. The zero-order valence-electron chi connectivity index (χ0n) is 17.7. The third-order valence-corrected chi connectivity index (χ3v) is 7.15. The second-order valence-corrected chi connectivity index (χ2v) is 9.75. The number of halogens is 5. The van der Waals surface area contributed by atoms with Crippen LogP contribution in [0.2, 0.25) is 0 Å². The first-order valence-electron chi connectivity index (χ1n) is 11.1. The van der Waals surface area contributed by atoms with Crippen molar-refractivity contribution in [1.82, 2.24) is 9.55 Å². The average Bonchev–Trinajstić information content (AvgIpc) is 3.14. The van der Waals surface area contributed by atoms with Crippen LogP contribution < -0.4 is 4.90 Å². The van der Waals surface area contributed by atoms with E-state index in [0.717, 1.165) is 22.1 Å². The molecule has 1 aliphatic carbocycles. The van der Waals surface area contributed by atoms with Crippen molar-refractivity contribution in [3.8, 4) is 0 Å². The van der Waals surface area contributed by atoms with Crippen LogP contribution in [0.1, 0.15) is 62.9 Å². The minimum Gasteiger partial charge on any atom is -0.323 e. The largest absolute Gasteiger partial charge is 0.323 e. The van der Waals surface area contributed by atoms with Gasteiger partial charge < -0.3 is 9.47 Å². The van der Waals surface area contributed by atoms with Gasteiger partial charge in [-0.15, -0.1) is 0 Å². The lowest BCUT2D eigenvalue weighted by Gasteiger charge is -2.37. The van der Waals surface area contributed by atoms with Crippen LogP contribution in [0.5, 0.6) is 0 Å². The normalized spacial score (nSPS) is 21.7. The van der Waals surface area contributed by atoms with Crippen LogP contribution in [0.3, 0.4) is 0 Å².